The number of carboxylic acids is 1. The minimum atomic E-state index is -1.32. The number of carboxylic acid groups (broad SMARTS) is 1. The van der Waals surface area contributed by atoms with Crippen molar-refractivity contribution in [2.75, 3.05) is 6.54 Å². The summed E-state index contributed by atoms with van der Waals surface area (Å²) in [6.45, 7) is 0.149. The summed E-state index contributed by atoms with van der Waals surface area (Å²) in [6, 6.07) is 8.69. The topological polar surface area (TPSA) is 280 Å². The van der Waals surface area contributed by atoms with Gasteiger partial charge in [0.05, 0.1) is 12.4 Å². The molecule has 13 N–H and O–H groups in total. The average Bonchev–Trinajstić information content (AvgIpc) is 3.72. The first-order valence-electron chi connectivity index (χ1n) is 15.2. The van der Waals surface area contributed by atoms with Crippen molar-refractivity contribution >= 4 is 40.6 Å². The number of H-pyrrole nitrogens is 2. The van der Waals surface area contributed by atoms with E-state index in [-0.39, 0.29) is 50.4 Å². The van der Waals surface area contributed by atoms with Gasteiger partial charge in [0.15, 0.2) is 5.96 Å². The fourth-order valence-corrected chi connectivity index (χ4v) is 5.12. The molecule has 0 spiro atoms. The summed E-state index contributed by atoms with van der Waals surface area (Å²) in [6.07, 6.45) is 5.09. The summed E-state index contributed by atoms with van der Waals surface area (Å²) in [4.78, 5) is 66.6. The van der Waals surface area contributed by atoms with E-state index in [4.69, 9.17) is 17.2 Å². The molecule has 0 aliphatic rings. The Morgan fingerprint density at radius 2 is 1.54 bits per heavy atom. The van der Waals surface area contributed by atoms with E-state index in [1.165, 1.54) is 24.7 Å². The number of hydrogen-bond donors (Lipinski definition) is 10. The number of nitrogens with two attached hydrogens (primary N) is 3. The molecule has 0 aliphatic carbocycles. The van der Waals surface area contributed by atoms with E-state index in [2.05, 4.69) is 35.9 Å². The Morgan fingerprint density at radius 3 is 2.23 bits per heavy atom. The molecule has 0 saturated heterocycles. The van der Waals surface area contributed by atoms with Crippen LogP contribution >= 0.6 is 0 Å². The second-order valence-corrected chi connectivity index (χ2v) is 11.3. The summed E-state index contributed by atoms with van der Waals surface area (Å²) in [5, 5.41) is 28.4. The second-order valence-electron chi connectivity index (χ2n) is 11.3. The summed E-state index contributed by atoms with van der Waals surface area (Å²) in [5.74, 6) is -3.47. The van der Waals surface area contributed by atoms with Gasteiger partial charge in [-0.2, -0.15) is 0 Å². The predicted molar refractivity (Wildman–Crippen MR) is 177 cm³/mol. The SMILES string of the molecule is NC(N)=NCCCC(NC(=O)C(Cc1ccc(O)cc1)NC(=O)C(N)Cc1cnc[nH]1)C(=O)NC(Cc1c[nH]c2ccccc12)C(=O)O. The molecule has 0 aliphatic heterocycles. The molecule has 3 amide bonds. The summed E-state index contributed by atoms with van der Waals surface area (Å²) < 4.78 is 0. The number of aromatic hydroxyl groups is 1. The molecular weight excluding hydrogens is 620 g/mol. The van der Waals surface area contributed by atoms with Crippen molar-refractivity contribution in [3.63, 3.8) is 0 Å². The maximum absolute atomic E-state index is 13.8. The molecule has 4 unspecified atom stereocenters. The van der Waals surface area contributed by atoms with Crippen LogP contribution in [0.2, 0.25) is 0 Å². The monoisotopic (exact) mass is 660 g/mol. The number of rotatable bonds is 17. The zero-order chi connectivity index (χ0) is 34.6. The van der Waals surface area contributed by atoms with Crippen LogP contribution in [0, 0.1) is 0 Å². The maximum atomic E-state index is 13.8. The number of aromatic nitrogens is 3. The number of phenols is 1. The van der Waals surface area contributed by atoms with Gasteiger partial charge in [-0.3, -0.25) is 19.4 Å². The fourth-order valence-electron chi connectivity index (χ4n) is 5.12. The smallest absolute Gasteiger partial charge is 0.326 e. The molecule has 0 bridgehead atoms. The molecule has 0 saturated carbocycles. The zero-order valence-corrected chi connectivity index (χ0v) is 26.1. The van der Waals surface area contributed by atoms with E-state index in [0.717, 1.165) is 10.9 Å². The third-order valence-corrected chi connectivity index (χ3v) is 7.63. The number of guanidine groups is 1. The first-order chi connectivity index (χ1) is 23.0. The highest BCUT2D eigenvalue weighted by Gasteiger charge is 2.31. The lowest BCUT2D eigenvalue weighted by molar-refractivity contribution is -0.142. The summed E-state index contributed by atoms with van der Waals surface area (Å²) in [5.41, 5.74) is 19.7. The van der Waals surface area contributed by atoms with Crippen LogP contribution < -0.4 is 33.2 Å². The maximum Gasteiger partial charge on any atom is 0.326 e. The highest BCUT2D eigenvalue weighted by atomic mass is 16.4. The van der Waals surface area contributed by atoms with Crippen LogP contribution in [0.25, 0.3) is 10.9 Å². The number of fused-ring (bicyclic) bond motifs is 1. The Kier molecular flexibility index (Phi) is 12.1. The molecular formula is C32H40N10O6. The van der Waals surface area contributed by atoms with Crippen molar-refractivity contribution in [2.24, 2.45) is 22.2 Å². The number of carbonyl (C=O) groups is 4. The number of nitrogens with zero attached hydrogens (tertiary/aromatic N) is 2. The van der Waals surface area contributed by atoms with Gasteiger partial charge in [0.25, 0.3) is 0 Å². The molecule has 0 fully saturated rings. The van der Waals surface area contributed by atoms with Crippen LogP contribution in [-0.4, -0.2) is 85.5 Å². The fraction of sp³-hybridized carbons (Fsp3) is 0.312. The van der Waals surface area contributed by atoms with Gasteiger partial charge in [-0.15, -0.1) is 0 Å². The van der Waals surface area contributed by atoms with E-state index in [1.807, 2.05) is 24.3 Å². The Bertz CT molecular complexity index is 1720. The van der Waals surface area contributed by atoms with Crippen molar-refractivity contribution in [2.45, 2.75) is 56.3 Å². The third-order valence-electron chi connectivity index (χ3n) is 7.63. The molecule has 2 heterocycles. The largest absolute Gasteiger partial charge is 0.508 e. The third kappa shape index (κ3) is 10.1. The number of aliphatic imine (C=N–C) groups is 1. The van der Waals surface area contributed by atoms with Crippen LogP contribution in [0.3, 0.4) is 0 Å². The van der Waals surface area contributed by atoms with Gasteiger partial charge >= 0.3 is 5.97 Å². The molecule has 0 radical (unpaired) electrons. The highest BCUT2D eigenvalue weighted by molar-refractivity contribution is 5.94. The number of aliphatic carboxylic acids is 1. The Hall–Kier alpha value is -5.90. The molecule has 254 valence electrons. The lowest BCUT2D eigenvalue weighted by Gasteiger charge is -2.25. The standard InChI is InChI=1S/C32H40N10O6/c33-23(14-20-16-36-17-39-20)28(44)41-26(12-18-7-9-21(43)10-8-18)30(46)40-25(6-3-11-37-32(34)35)29(45)42-27(31(47)48)13-19-15-38-24-5-2-1-4-22(19)24/h1-2,4-5,7-10,15-17,23,25-27,38,43H,3,6,11-14,33H2,(H,36,39)(H,40,46)(H,41,44)(H,42,45)(H,47,48)(H4,34,35,37). The van der Waals surface area contributed by atoms with Crippen molar-refractivity contribution in [3.8, 4) is 5.75 Å². The first-order valence-corrected chi connectivity index (χ1v) is 15.2. The molecule has 2 aromatic carbocycles. The molecule has 16 heteroatoms. The van der Waals surface area contributed by atoms with Crippen LogP contribution in [0.1, 0.15) is 29.7 Å². The molecule has 4 atom stereocenters. The number of aromatic amines is 2. The zero-order valence-electron chi connectivity index (χ0n) is 26.1. The first kappa shape index (κ1) is 35.0. The molecule has 4 rings (SSSR count). The van der Waals surface area contributed by atoms with Crippen molar-refractivity contribution in [1.82, 2.24) is 30.9 Å². The normalized spacial score (nSPS) is 13.5. The van der Waals surface area contributed by atoms with Crippen molar-refractivity contribution < 1.29 is 29.4 Å². The van der Waals surface area contributed by atoms with Gasteiger partial charge in [-0.05, 0) is 42.2 Å². The van der Waals surface area contributed by atoms with E-state index in [9.17, 15) is 29.4 Å². The number of amides is 3. The lowest BCUT2D eigenvalue weighted by atomic mass is 10.0. The number of para-hydroxylation sites is 1. The van der Waals surface area contributed by atoms with Gasteiger partial charge in [0.1, 0.15) is 23.9 Å². The van der Waals surface area contributed by atoms with Crippen LogP contribution in [0.4, 0.5) is 0 Å². The number of nitrogens with one attached hydrogen (secondary N) is 5. The quantitative estimate of drug-likeness (QED) is 0.0395. The van der Waals surface area contributed by atoms with Crippen LogP contribution in [0.5, 0.6) is 5.75 Å². The van der Waals surface area contributed by atoms with Gasteiger partial charge in [-0.1, -0.05) is 30.3 Å². The van der Waals surface area contributed by atoms with E-state index in [0.29, 0.717) is 16.8 Å². The molecule has 4 aromatic rings. The minimum Gasteiger partial charge on any atom is -0.508 e. The van der Waals surface area contributed by atoms with E-state index < -0.39 is 47.9 Å². The minimum absolute atomic E-state index is 0.00468. The van der Waals surface area contributed by atoms with E-state index >= 15 is 0 Å². The number of phenolic OH excluding ortho intramolecular Hbond substituents is 1. The molecule has 16 nitrogen and oxygen atoms in total. The van der Waals surface area contributed by atoms with Gasteiger partial charge in [-0.25, -0.2) is 9.78 Å². The van der Waals surface area contributed by atoms with Gasteiger partial charge in [0, 0.05) is 54.8 Å². The summed E-state index contributed by atoms with van der Waals surface area (Å²) in [7, 11) is 0. The number of imidazole rings is 1. The highest BCUT2D eigenvalue weighted by Crippen LogP contribution is 2.19. The lowest BCUT2D eigenvalue weighted by Crippen LogP contribution is -2.58. The molecule has 2 aromatic heterocycles. The van der Waals surface area contributed by atoms with Crippen molar-refractivity contribution in [1.29, 1.82) is 0 Å². The van der Waals surface area contributed by atoms with Gasteiger partial charge in [0.2, 0.25) is 17.7 Å². The number of carbonyl (C=O) groups excluding carboxylic acids is 3. The number of hydrogen-bond acceptors (Lipinski definition) is 8. The van der Waals surface area contributed by atoms with Crippen LogP contribution in [0.15, 0.2) is 72.2 Å². The average molecular weight is 661 g/mol. The molecule has 48 heavy (non-hydrogen) atoms. The Balaban J connectivity index is 1.52. The second kappa shape index (κ2) is 16.6. The Labute approximate surface area is 275 Å². The summed E-state index contributed by atoms with van der Waals surface area (Å²) >= 11 is 0. The van der Waals surface area contributed by atoms with Crippen LogP contribution in [-0.2, 0) is 38.4 Å². The van der Waals surface area contributed by atoms with E-state index in [1.54, 1.807) is 18.3 Å². The van der Waals surface area contributed by atoms with Gasteiger partial charge < -0.3 is 53.3 Å². The Morgan fingerprint density at radius 1 is 0.854 bits per heavy atom. The predicted octanol–water partition coefficient (Wildman–Crippen LogP) is -0.456. The van der Waals surface area contributed by atoms with Crippen molar-refractivity contribution in [3.05, 3.63) is 84.1 Å². The number of benzene rings is 2.